The molecule has 9 heterocycles. The number of nitrogens with zero attached hydrogens (tertiary/aromatic N) is 14. The molecule has 0 aliphatic carbocycles. The maximum Gasteiger partial charge on any atom is 0.266 e. The van der Waals surface area contributed by atoms with E-state index >= 15 is 0 Å². The number of benzene rings is 6. The van der Waals surface area contributed by atoms with Gasteiger partial charge >= 0.3 is 0 Å². The Morgan fingerprint density at radius 2 is 0.915 bits per heavy atom. The Labute approximate surface area is 626 Å². The lowest BCUT2D eigenvalue weighted by molar-refractivity contribution is -0.145. The quantitative estimate of drug-likeness (QED) is 0.0565. The predicted octanol–water partition coefficient (Wildman–Crippen LogP) is 11.2. The van der Waals surface area contributed by atoms with Crippen LogP contribution >= 0.6 is 46.1 Å². The number of aromatic nitrogens is 10. The Balaban J connectivity index is 0.000000141. The number of piperazine rings is 3. The maximum atomic E-state index is 13.3. The van der Waals surface area contributed by atoms with E-state index in [1.807, 2.05) is 46.2 Å². The fraction of sp³-hybridized carbons (Fsp3) is 0.257. The summed E-state index contributed by atoms with van der Waals surface area (Å²) < 4.78 is 41.2. The Hall–Kier alpha value is -11.5. The van der Waals surface area contributed by atoms with Gasteiger partial charge in [0.1, 0.15) is 45.4 Å². The van der Waals surface area contributed by atoms with Crippen LogP contribution < -0.4 is 55.6 Å². The third-order valence-corrected chi connectivity index (χ3v) is 19.5. The number of rotatable bonds is 17. The number of imidazole rings is 2. The van der Waals surface area contributed by atoms with Crippen LogP contribution in [0.1, 0.15) is 13.8 Å². The van der Waals surface area contributed by atoms with Crippen LogP contribution in [-0.2, 0) is 14.4 Å². The molecule has 3 amide bonds. The first kappa shape index (κ1) is 72.8. The number of carbonyl (C=O) groups is 3. The molecular formula is C74H73Cl3FN19O8S. The van der Waals surface area contributed by atoms with E-state index < -0.39 is 5.60 Å². The number of nitrogens with one attached hydrogen (secondary N) is 2. The Bertz CT molecular complexity index is 5100. The number of nitrogens with two attached hydrogens (primary N) is 3. The summed E-state index contributed by atoms with van der Waals surface area (Å²) >= 11 is 19.3. The number of carbonyl (C=O) groups excluding carboxylic acids is 3. The predicted molar refractivity (Wildman–Crippen MR) is 410 cm³/mol. The molecule has 12 aromatic rings. The van der Waals surface area contributed by atoms with E-state index in [1.165, 1.54) is 12.1 Å². The first-order chi connectivity index (χ1) is 51.2. The van der Waals surface area contributed by atoms with Gasteiger partial charge in [0.2, 0.25) is 17.8 Å². The Morgan fingerprint density at radius 1 is 0.481 bits per heavy atom. The molecule has 32 heteroatoms. The summed E-state index contributed by atoms with van der Waals surface area (Å²) in [5.74, 6) is 6.13. The van der Waals surface area contributed by atoms with Crippen molar-refractivity contribution in [3.05, 3.63) is 173 Å². The van der Waals surface area contributed by atoms with Gasteiger partial charge in [0.05, 0.1) is 19.6 Å². The van der Waals surface area contributed by atoms with Crippen LogP contribution in [0.4, 0.5) is 39.7 Å². The van der Waals surface area contributed by atoms with Crippen molar-refractivity contribution in [2.24, 2.45) is 0 Å². The van der Waals surface area contributed by atoms with Gasteiger partial charge in [0.15, 0.2) is 64.3 Å². The number of fused-ring (bicyclic) bond motifs is 3. The molecule has 6 aromatic carbocycles. The van der Waals surface area contributed by atoms with E-state index in [9.17, 15) is 18.8 Å². The van der Waals surface area contributed by atoms with E-state index in [1.54, 1.807) is 134 Å². The minimum Gasteiger partial charge on any atom is -0.493 e. The SMILES string of the molecule is CC(C)(Oc1ccc(Cl)cc1)C(=O)N1CCN(c2nc(N)nc3sc(-c4ccccc4)cc23)CC1.COc1ccc(-c2nc3c(N4CCN(C(=O)COc5ccc(Cl)cc5)CC4)nc(N)nc3[nH]2)cc1OC.Nc1nc(N2CCN(C(=O)COc3ccc(Cl)cc3)CC2)c2nc(-c3ccc(F)cc3)[nH]c2n1. The van der Waals surface area contributed by atoms with Crippen molar-refractivity contribution in [1.82, 2.24) is 64.5 Å². The molecule has 0 unspecified atom stereocenters. The second-order valence-corrected chi connectivity index (χ2v) is 27.5. The molecule has 0 saturated carbocycles. The number of nitrogen functional groups attached to an aromatic ring is 3. The smallest absolute Gasteiger partial charge is 0.266 e. The largest absolute Gasteiger partial charge is 0.493 e. The summed E-state index contributed by atoms with van der Waals surface area (Å²) in [4.78, 5) is 94.5. The van der Waals surface area contributed by atoms with Crippen molar-refractivity contribution in [3.63, 3.8) is 0 Å². The van der Waals surface area contributed by atoms with Crippen molar-refractivity contribution in [1.29, 1.82) is 0 Å². The molecule has 546 valence electrons. The number of anilines is 6. The number of halogens is 4. The highest BCUT2D eigenvalue weighted by Crippen LogP contribution is 2.39. The van der Waals surface area contributed by atoms with E-state index in [2.05, 4.69) is 72.9 Å². The van der Waals surface area contributed by atoms with Crippen LogP contribution in [0.25, 0.3) is 65.8 Å². The first-order valence-electron chi connectivity index (χ1n) is 33.7. The lowest BCUT2D eigenvalue weighted by atomic mass is 10.1. The van der Waals surface area contributed by atoms with Crippen LogP contribution in [-0.4, -0.2) is 194 Å². The normalized spacial score (nSPS) is 14.0. The zero-order valence-corrected chi connectivity index (χ0v) is 61.1. The molecular weight excluding hydrogens is 1440 g/mol. The minimum atomic E-state index is -0.999. The monoisotopic (exact) mass is 1510 g/mol. The molecule has 8 N–H and O–H groups in total. The number of amides is 3. The average molecular weight is 1510 g/mol. The molecule has 106 heavy (non-hydrogen) atoms. The van der Waals surface area contributed by atoms with Crippen LogP contribution in [0.3, 0.4) is 0 Å². The van der Waals surface area contributed by atoms with Gasteiger partial charge < -0.3 is 80.3 Å². The minimum absolute atomic E-state index is 0.0413. The summed E-state index contributed by atoms with van der Waals surface area (Å²) in [5.41, 5.74) is 21.9. The molecule has 3 fully saturated rings. The first-order valence-corrected chi connectivity index (χ1v) is 35.6. The summed E-state index contributed by atoms with van der Waals surface area (Å²) in [6.45, 7) is 10.2. The van der Waals surface area contributed by atoms with E-state index in [0.29, 0.717) is 168 Å². The number of hydrogen-bond donors (Lipinski definition) is 5. The summed E-state index contributed by atoms with van der Waals surface area (Å²) in [7, 11) is 3.17. The topological polar surface area (TPSA) is 330 Å². The van der Waals surface area contributed by atoms with Crippen molar-refractivity contribution in [3.8, 4) is 62.0 Å². The molecule has 0 spiro atoms. The Kier molecular flexibility index (Phi) is 22.1. The molecule has 27 nitrogen and oxygen atoms in total. The zero-order valence-electron chi connectivity index (χ0n) is 58.0. The number of aromatic amines is 2. The standard InChI is InChI=1S/C26H26ClN5O2S.C25H26ClN7O4.C23H21ClFN7O2/c1-26(2,34-19-10-8-18(27)9-11-19)24(33)32-14-12-31(13-15-32)22-20-16-21(17-6-4-3-5-7-17)35-23(20)30-25(28)29-22;1-35-18-8-3-15(13-19(18)36-2)22-28-21-23(29-22)30-25(27)31-24(21)33-11-9-32(10-12-33)20(34)14-37-17-6-4-16(26)5-7-17;24-15-3-7-17(8-4-15)34-13-18(33)31-9-11-32(12-10-31)22-19-21(29-23(26)30-22)28-20(27-19)14-1-5-16(25)6-2-14/h3-11,16H,12-15H2,1-2H3,(H2,28,29,30);3-8,13H,9-12,14H2,1-2H3,(H3,27,28,29,30,31);1-8H,9-13H2,(H3,26,27,28,29,30). The third kappa shape index (κ3) is 17.1. The van der Waals surface area contributed by atoms with Crippen molar-refractivity contribution in [2.75, 3.05) is 138 Å². The van der Waals surface area contributed by atoms with Gasteiger partial charge in [-0.3, -0.25) is 14.4 Å². The highest BCUT2D eigenvalue weighted by Gasteiger charge is 2.37. The Morgan fingerprint density at radius 3 is 1.41 bits per heavy atom. The molecule has 3 saturated heterocycles. The summed E-state index contributed by atoms with van der Waals surface area (Å²) in [6.07, 6.45) is 0. The van der Waals surface area contributed by atoms with Crippen molar-refractivity contribution >= 4 is 132 Å². The molecule has 6 aromatic heterocycles. The van der Waals surface area contributed by atoms with Crippen molar-refractivity contribution < 1.29 is 42.5 Å². The van der Waals surface area contributed by atoms with E-state index in [4.69, 9.17) is 80.7 Å². The van der Waals surface area contributed by atoms with Crippen LogP contribution in [0.15, 0.2) is 152 Å². The van der Waals surface area contributed by atoms with Gasteiger partial charge in [-0.1, -0.05) is 65.1 Å². The molecule has 3 aliphatic rings. The lowest BCUT2D eigenvalue weighted by Crippen LogP contribution is -2.56. The second kappa shape index (κ2) is 32.2. The zero-order chi connectivity index (χ0) is 74.2. The number of ether oxygens (including phenoxy) is 5. The number of H-pyrrole nitrogens is 2. The van der Waals surface area contributed by atoms with Gasteiger partial charge in [0, 0.05) is 110 Å². The van der Waals surface area contributed by atoms with Crippen LogP contribution in [0, 0.1) is 5.82 Å². The van der Waals surface area contributed by atoms with E-state index in [-0.39, 0.29) is 54.6 Å². The third-order valence-electron chi connectivity index (χ3n) is 17.7. The van der Waals surface area contributed by atoms with E-state index in [0.717, 1.165) is 37.6 Å². The van der Waals surface area contributed by atoms with Gasteiger partial charge in [-0.05, 0) is 141 Å². The van der Waals surface area contributed by atoms with Gasteiger partial charge in [-0.2, -0.15) is 24.9 Å². The highest BCUT2D eigenvalue weighted by atomic mass is 35.5. The average Bonchev–Trinajstić information content (AvgIpc) is 1.62. The molecule has 3 aliphatic heterocycles. The number of thiophene rings is 1. The number of methoxy groups -OCH3 is 2. The molecule has 0 bridgehead atoms. The van der Waals surface area contributed by atoms with Gasteiger partial charge in [-0.25, -0.2) is 19.3 Å². The molecule has 15 rings (SSSR count). The second-order valence-electron chi connectivity index (χ2n) is 25.1. The van der Waals surface area contributed by atoms with Gasteiger partial charge in [-0.15, -0.1) is 11.3 Å². The number of hydrogen-bond acceptors (Lipinski definition) is 23. The lowest BCUT2D eigenvalue weighted by Gasteiger charge is -2.39. The van der Waals surface area contributed by atoms with Gasteiger partial charge in [0.25, 0.3) is 17.7 Å². The highest BCUT2D eigenvalue weighted by molar-refractivity contribution is 7.22. The summed E-state index contributed by atoms with van der Waals surface area (Å²) in [5, 5.41) is 2.82. The fourth-order valence-electron chi connectivity index (χ4n) is 12.2. The van der Waals surface area contributed by atoms with Crippen molar-refractivity contribution in [2.45, 2.75) is 19.4 Å². The summed E-state index contributed by atoms with van der Waals surface area (Å²) in [6, 6.07) is 44.7. The fourth-order valence-corrected chi connectivity index (χ4v) is 13.6. The molecule has 0 atom stereocenters. The van der Waals surface area contributed by atoms with Crippen LogP contribution in [0.5, 0.6) is 28.7 Å². The maximum absolute atomic E-state index is 13.3. The van der Waals surface area contributed by atoms with Crippen LogP contribution in [0.2, 0.25) is 15.1 Å². The molecule has 0 radical (unpaired) electrons.